The Bertz CT molecular complexity index is 517. The minimum Gasteiger partial charge on any atom is -0.480 e. The van der Waals surface area contributed by atoms with Crippen molar-refractivity contribution in [3.63, 3.8) is 0 Å². The van der Waals surface area contributed by atoms with Crippen molar-refractivity contribution in [1.82, 2.24) is 4.90 Å². The molecule has 102 valence electrons. The van der Waals surface area contributed by atoms with Crippen LogP contribution < -0.4 is 0 Å². The molecule has 1 fully saturated rings. The number of hydrogen-bond donors (Lipinski definition) is 1. The van der Waals surface area contributed by atoms with Crippen molar-refractivity contribution in [2.45, 2.75) is 13.0 Å². The number of rotatable bonds is 2. The van der Waals surface area contributed by atoms with Gasteiger partial charge in [-0.05, 0) is 30.7 Å². The molecule has 0 spiro atoms. The third kappa shape index (κ3) is 2.73. The molecular formula is C13H14FNO4. The van der Waals surface area contributed by atoms with Crippen LogP contribution in [0.3, 0.4) is 0 Å². The number of amides is 1. The summed E-state index contributed by atoms with van der Waals surface area (Å²) in [5.74, 6) is -1.94. The Balaban J connectivity index is 2.28. The van der Waals surface area contributed by atoms with Crippen molar-refractivity contribution in [1.29, 1.82) is 0 Å². The average Bonchev–Trinajstić information content (AvgIpc) is 2.38. The molecule has 1 saturated heterocycles. The van der Waals surface area contributed by atoms with Gasteiger partial charge in [-0.25, -0.2) is 9.18 Å². The molecule has 6 heteroatoms. The summed E-state index contributed by atoms with van der Waals surface area (Å²) in [6, 6.07) is 2.83. The monoisotopic (exact) mass is 267 g/mol. The summed E-state index contributed by atoms with van der Waals surface area (Å²) in [6.45, 7) is 2.11. The van der Waals surface area contributed by atoms with Crippen molar-refractivity contribution >= 4 is 11.9 Å². The van der Waals surface area contributed by atoms with Gasteiger partial charge in [0.2, 0.25) is 0 Å². The zero-order chi connectivity index (χ0) is 14.0. The molecule has 1 atom stereocenters. The van der Waals surface area contributed by atoms with Crippen molar-refractivity contribution in [2.24, 2.45) is 0 Å². The molecule has 0 bridgehead atoms. The standard InChI is InChI=1S/C13H14FNO4/c1-8-6-9(14)2-3-10(8)12(16)15-4-5-19-7-11(15)13(17)18/h2-3,6,11H,4-5,7H2,1H3,(H,17,18)/t11-/m1/s1. The first kappa shape index (κ1) is 13.5. The summed E-state index contributed by atoms with van der Waals surface area (Å²) < 4.78 is 18.1. The number of halogens is 1. The average molecular weight is 267 g/mol. The van der Waals surface area contributed by atoms with E-state index in [0.717, 1.165) is 0 Å². The van der Waals surface area contributed by atoms with E-state index in [1.54, 1.807) is 6.92 Å². The van der Waals surface area contributed by atoms with Crippen LogP contribution in [0.1, 0.15) is 15.9 Å². The van der Waals surface area contributed by atoms with Gasteiger partial charge in [0, 0.05) is 12.1 Å². The summed E-state index contributed by atoms with van der Waals surface area (Å²) in [5, 5.41) is 9.08. The molecule has 0 aliphatic carbocycles. The number of hydrogen-bond acceptors (Lipinski definition) is 3. The summed E-state index contributed by atoms with van der Waals surface area (Å²) >= 11 is 0. The van der Waals surface area contributed by atoms with Gasteiger partial charge in [0.1, 0.15) is 5.82 Å². The van der Waals surface area contributed by atoms with Crippen molar-refractivity contribution < 1.29 is 23.8 Å². The van der Waals surface area contributed by atoms with Crippen LogP contribution in [-0.2, 0) is 9.53 Å². The number of aryl methyl sites for hydroxylation is 1. The first-order chi connectivity index (χ1) is 9.00. The van der Waals surface area contributed by atoms with E-state index in [1.165, 1.54) is 23.1 Å². The van der Waals surface area contributed by atoms with Crippen molar-refractivity contribution in [3.05, 3.63) is 35.1 Å². The van der Waals surface area contributed by atoms with E-state index in [1.807, 2.05) is 0 Å². The molecular weight excluding hydrogens is 253 g/mol. The summed E-state index contributed by atoms with van der Waals surface area (Å²) in [7, 11) is 0. The Hall–Kier alpha value is -1.95. The van der Waals surface area contributed by atoms with Crippen LogP contribution in [0.5, 0.6) is 0 Å². The number of aliphatic carboxylic acids is 1. The molecule has 19 heavy (non-hydrogen) atoms. The Labute approximate surface area is 109 Å². The van der Waals surface area contributed by atoms with E-state index < -0.39 is 23.7 Å². The van der Waals surface area contributed by atoms with Gasteiger partial charge in [0.25, 0.3) is 5.91 Å². The molecule has 1 aliphatic heterocycles. The number of carboxylic acid groups (broad SMARTS) is 1. The Morgan fingerprint density at radius 2 is 2.21 bits per heavy atom. The zero-order valence-corrected chi connectivity index (χ0v) is 10.4. The highest BCUT2D eigenvalue weighted by molar-refractivity contribution is 5.98. The van der Waals surface area contributed by atoms with Crippen molar-refractivity contribution in [2.75, 3.05) is 19.8 Å². The minimum absolute atomic E-state index is 0.0265. The first-order valence-electron chi connectivity index (χ1n) is 5.88. The number of ether oxygens (including phenoxy) is 1. The molecule has 2 rings (SSSR count). The van der Waals surface area contributed by atoms with Crippen LogP contribution in [0.25, 0.3) is 0 Å². The van der Waals surface area contributed by atoms with Gasteiger partial charge in [-0.1, -0.05) is 0 Å². The van der Waals surface area contributed by atoms with Gasteiger partial charge >= 0.3 is 5.97 Å². The lowest BCUT2D eigenvalue weighted by Gasteiger charge is -2.33. The molecule has 1 aromatic rings. The number of carboxylic acids is 1. The molecule has 1 N–H and O–H groups in total. The number of carbonyl (C=O) groups excluding carboxylic acids is 1. The predicted molar refractivity (Wildman–Crippen MR) is 64.4 cm³/mol. The van der Waals surface area contributed by atoms with E-state index in [0.29, 0.717) is 17.7 Å². The van der Waals surface area contributed by atoms with Gasteiger partial charge < -0.3 is 14.7 Å². The SMILES string of the molecule is Cc1cc(F)ccc1C(=O)N1CCOC[C@@H]1C(=O)O. The Morgan fingerprint density at radius 1 is 1.47 bits per heavy atom. The smallest absolute Gasteiger partial charge is 0.328 e. The lowest BCUT2D eigenvalue weighted by atomic mass is 10.1. The molecule has 0 radical (unpaired) electrons. The fraction of sp³-hybridized carbons (Fsp3) is 0.385. The van der Waals surface area contributed by atoms with Gasteiger partial charge in [0.05, 0.1) is 13.2 Å². The van der Waals surface area contributed by atoms with Crippen LogP contribution in [0.15, 0.2) is 18.2 Å². The second-order valence-electron chi connectivity index (χ2n) is 4.39. The lowest BCUT2D eigenvalue weighted by Crippen LogP contribution is -2.52. The maximum atomic E-state index is 13.0. The fourth-order valence-corrected chi connectivity index (χ4v) is 2.07. The molecule has 1 amide bonds. The van der Waals surface area contributed by atoms with E-state index in [2.05, 4.69) is 0 Å². The summed E-state index contributed by atoms with van der Waals surface area (Å²) in [4.78, 5) is 24.7. The van der Waals surface area contributed by atoms with E-state index in [9.17, 15) is 14.0 Å². The first-order valence-corrected chi connectivity index (χ1v) is 5.88. The van der Waals surface area contributed by atoms with Gasteiger partial charge in [0.15, 0.2) is 6.04 Å². The quantitative estimate of drug-likeness (QED) is 0.870. The molecule has 0 unspecified atom stereocenters. The van der Waals surface area contributed by atoms with E-state index in [4.69, 9.17) is 9.84 Å². The maximum absolute atomic E-state index is 13.0. The summed E-state index contributed by atoms with van der Waals surface area (Å²) in [6.07, 6.45) is 0. The molecule has 5 nitrogen and oxygen atoms in total. The number of carbonyl (C=O) groups is 2. The largest absolute Gasteiger partial charge is 0.480 e. The number of morpholine rings is 1. The second-order valence-corrected chi connectivity index (χ2v) is 4.39. The predicted octanol–water partition coefficient (Wildman–Crippen LogP) is 1.06. The second kappa shape index (κ2) is 5.36. The molecule has 0 saturated carbocycles. The van der Waals surface area contributed by atoms with Crippen molar-refractivity contribution in [3.8, 4) is 0 Å². The van der Waals surface area contributed by atoms with Crippen LogP contribution in [0.4, 0.5) is 4.39 Å². The lowest BCUT2D eigenvalue weighted by molar-refractivity contribution is -0.147. The minimum atomic E-state index is -1.10. The fourth-order valence-electron chi connectivity index (χ4n) is 2.07. The Kier molecular flexibility index (Phi) is 3.80. The van der Waals surface area contributed by atoms with Crippen LogP contribution in [-0.4, -0.2) is 47.7 Å². The highest BCUT2D eigenvalue weighted by Crippen LogP contribution is 2.17. The molecule has 1 aliphatic rings. The van der Waals surface area contributed by atoms with E-state index in [-0.39, 0.29) is 13.2 Å². The normalized spacial score (nSPS) is 19.3. The van der Waals surface area contributed by atoms with Crippen LogP contribution >= 0.6 is 0 Å². The zero-order valence-electron chi connectivity index (χ0n) is 10.4. The van der Waals surface area contributed by atoms with Crippen LogP contribution in [0.2, 0.25) is 0 Å². The number of benzene rings is 1. The third-order valence-electron chi connectivity index (χ3n) is 3.09. The highest BCUT2D eigenvalue weighted by Gasteiger charge is 2.33. The molecule has 1 heterocycles. The molecule has 1 aromatic carbocycles. The van der Waals surface area contributed by atoms with Gasteiger partial charge in [-0.3, -0.25) is 4.79 Å². The molecule has 0 aromatic heterocycles. The van der Waals surface area contributed by atoms with Crippen LogP contribution in [0, 0.1) is 12.7 Å². The maximum Gasteiger partial charge on any atom is 0.328 e. The highest BCUT2D eigenvalue weighted by atomic mass is 19.1. The number of nitrogens with zero attached hydrogens (tertiary/aromatic N) is 1. The van der Waals surface area contributed by atoms with E-state index >= 15 is 0 Å². The van der Waals surface area contributed by atoms with Gasteiger partial charge in [-0.2, -0.15) is 0 Å². The topological polar surface area (TPSA) is 66.8 Å². The van der Waals surface area contributed by atoms with Gasteiger partial charge in [-0.15, -0.1) is 0 Å². The Morgan fingerprint density at radius 3 is 2.84 bits per heavy atom. The third-order valence-corrected chi connectivity index (χ3v) is 3.09. The summed E-state index contributed by atoms with van der Waals surface area (Å²) in [5.41, 5.74) is 0.801.